The number of benzene rings is 3. The summed E-state index contributed by atoms with van der Waals surface area (Å²) >= 11 is 6.15. The number of rotatable bonds is 10. The van der Waals surface area contributed by atoms with Gasteiger partial charge in [0.05, 0.1) is 38.3 Å². The first-order chi connectivity index (χ1) is 19.9. The van der Waals surface area contributed by atoms with Crippen molar-refractivity contribution in [2.45, 2.75) is 13.2 Å². The van der Waals surface area contributed by atoms with Crippen LogP contribution < -0.4 is 10.0 Å². The molecular formula is C29H28ClN5O5S. The summed E-state index contributed by atoms with van der Waals surface area (Å²) in [5.74, 6) is -0.409. The quantitative estimate of drug-likeness (QED) is 0.272. The highest BCUT2D eigenvalue weighted by Crippen LogP contribution is 2.25. The van der Waals surface area contributed by atoms with Crippen molar-refractivity contribution in [3.05, 3.63) is 107 Å². The van der Waals surface area contributed by atoms with Crippen LogP contribution in [0.25, 0.3) is 11.3 Å². The Labute approximate surface area is 243 Å². The number of aromatic nitrogens is 2. The van der Waals surface area contributed by atoms with Crippen molar-refractivity contribution < 1.29 is 22.7 Å². The van der Waals surface area contributed by atoms with E-state index in [1.165, 1.54) is 10.5 Å². The average Bonchev–Trinajstić information content (AvgIpc) is 3.00. The summed E-state index contributed by atoms with van der Waals surface area (Å²) in [5.41, 5.74) is 4.04. The Morgan fingerprint density at radius 1 is 0.951 bits per heavy atom. The van der Waals surface area contributed by atoms with E-state index in [4.69, 9.17) is 21.1 Å². The molecule has 2 N–H and O–H groups in total. The largest absolute Gasteiger partial charge is 0.379 e. The molecule has 1 aliphatic rings. The molecule has 1 amide bonds. The van der Waals surface area contributed by atoms with Crippen molar-refractivity contribution in [2.24, 2.45) is 0 Å². The molecule has 1 aromatic heterocycles. The normalized spacial score (nSPS) is 14.0. The number of carbonyl (C=O) groups is 1. The fourth-order valence-electron chi connectivity index (χ4n) is 4.12. The Balaban J connectivity index is 1.22. The highest BCUT2D eigenvalue weighted by atomic mass is 35.5. The lowest BCUT2D eigenvalue weighted by molar-refractivity contribution is 0.0733. The van der Waals surface area contributed by atoms with Gasteiger partial charge in [-0.25, -0.2) is 9.97 Å². The van der Waals surface area contributed by atoms with E-state index in [2.05, 4.69) is 20.0 Å². The zero-order chi connectivity index (χ0) is 28.7. The predicted molar refractivity (Wildman–Crippen MR) is 157 cm³/mol. The number of carbonyl (C=O) groups excluding carboxylic acids is 1. The molecule has 0 atom stereocenters. The van der Waals surface area contributed by atoms with E-state index >= 15 is 0 Å². The summed E-state index contributed by atoms with van der Waals surface area (Å²) in [7, 11) is -3.89. The number of amides is 1. The van der Waals surface area contributed by atoms with Crippen LogP contribution in [0, 0.1) is 0 Å². The standard InChI is InChI=1S/C29H28ClN5O5S/c30-27-28(34-41(37,38)35-13-15-39-16-14-35)33-26(18-31-27)23-7-4-8-24(17-23)29(36)32-25-11-9-22(10-12-25)20-40-19-21-5-2-1-3-6-21/h1-12,17-18H,13-16,19-20H2,(H,32,36)(H,33,34). The molecular weight excluding hydrogens is 566 g/mol. The number of hydrogen-bond acceptors (Lipinski definition) is 7. The van der Waals surface area contributed by atoms with Gasteiger partial charge in [0.15, 0.2) is 11.0 Å². The lowest BCUT2D eigenvalue weighted by atomic mass is 10.1. The number of nitrogens with one attached hydrogen (secondary N) is 2. The second-order valence-corrected chi connectivity index (χ2v) is 11.3. The molecule has 3 aromatic carbocycles. The Kier molecular flexibility index (Phi) is 9.22. The molecule has 1 saturated heterocycles. The molecule has 12 heteroatoms. The Bertz CT molecular complexity index is 1600. The van der Waals surface area contributed by atoms with Gasteiger partial charge in [-0.15, -0.1) is 0 Å². The second kappa shape index (κ2) is 13.2. The first-order valence-corrected chi connectivity index (χ1v) is 14.7. The van der Waals surface area contributed by atoms with Gasteiger partial charge < -0.3 is 14.8 Å². The molecule has 1 fully saturated rings. The van der Waals surface area contributed by atoms with Crippen molar-refractivity contribution in [1.29, 1.82) is 0 Å². The first-order valence-electron chi connectivity index (χ1n) is 12.9. The maximum atomic E-state index is 13.0. The van der Waals surface area contributed by atoms with Crippen LogP contribution in [0.4, 0.5) is 11.5 Å². The number of nitrogens with zero attached hydrogens (tertiary/aromatic N) is 3. The minimum absolute atomic E-state index is 0.0894. The molecule has 0 spiro atoms. The van der Waals surface area contributed by atoms with Gasteiger partial charge in [0, 0.05) is 29.9 Å². The number of morpholine rings is 1. The third kappa shape index (κ3) is 7.66. The fraction of sp³-hybridized carbons (Fsp3) is 0.207. The second-order valence-electron chi connectivity index (χ2n) is 9.22. The third-order valence-corrected chi connectivity index (χ3v) is 8.05. The van der Waals surface area contributed by atoms with Crippen LogP contribution in [0.1, 0.15) is 21.5 Å². The fourth-order valence-corrected chi connectivity index (χ4v) is 5.46. The smallest absolute Gasteiger partial charge is 0.303 e. The van der Waals surface area contributed by atoms with E-state index in [0.717, 1.165) is 11.1 Å². The van der Waals surface area contributed by atoms with E-state index in [0.29, 0.717) is 48.9 Å². The molecule has 10 nitrogen and oxygen atoms in total. The first kappa shape index (κ1) is 28.7. The van der Waals surface area contributed by atoms with Gasteiger partial charge in [0.25, 0.3) is 5.91 Å². The summed E-state index contributed by atoms with van der Waals surface area (Å²) in [5, 5.41) is 2.80. The highest BCUT2D eigenvalue weighted by molar-refractivity contribution is 7.90. The lowest BCUT2D eigenvalue weighted by Gasteiger charge is -2.26. The topological polar surface area (TPSA) is 123 Å². The monoisotopic (exact) mass is 593 g/mol. The summed E-state index contributed by atoms with van der Waals surface area (Å²) in [6.07, 6.45) is 1.42. The zero-order valence-corrected chi connectivity index (χ0v) is 23.6. The Hall–Kier alpha value is -3.87. The van der Waals surface area contributed by atoms with Gasteiger partial charge in [-0.1, -0.05) is 66.2 Å². The van der Waals surface area contributed by atoms with Crippen molar-refractivity contribution in [1.82, 2.24) is 14.3 Å². The van der Waals surface area contributed by atoms with Crippen LogP contribution >= 0.6 is 11.6 Å². The summed E-state index contributed by atoms with van der Waals surface area (Å²) in [6.45, 7) is 2.04. The van der Waals surface area contributed by atoms with Gasteiger partial charge >= 0.3 is 10.2 Å². The molecule has 4 aromatic rings. The van der Waals surface area contributed by atoms with E-state index in [1.54, 1.807) is 24.3 Å². The van der Waals surface area contributed by atoms with Gasteiger partial charge in [-0.05, 0) is 35.4 Å². The molecule has 0 bridgehead atoms. The van der Waals surface area contributed by atoms with Crippen LogP contribution in [-0.2, 0) is 32.9 Å². The highest BCUT2D eigenvalue weighted by Gasteiger charge is 2.26. The maximum Gasteiger partial charge on any atom is 0.303 e. The minimum atomic E-state index is -3.89. The molecule has 0 unspecified atom stereocenters. The number of hydrogen-bond donors (Lipinski definition) is 2. The zero-order valence-electron chi connectivity index (χ0n) is 22.0. The Morgan fingerprint density at radius 2 is 1.66 bits per heavy atom. The van der Waals surface area contributed by atoms with Gasteiger partial charge in [-0.2, -0.15) is 12.7 Å². The number of anilines is 2. The molecule has 0 aliphatic carbocycles. The van der Waals surface area contributed by atoms with E-state index in [1.807, 2.05) is 54.6 Å². The van der Waals surface area contributed by atoms with Crippen LogP contribution in [0.2, 0.25) is 5.15 Å². The van der Waals surface area contributed by atoms with Crippen LogP contribution in [0.3, 0.4) is 0 Å². The van der Waals surface area contributed by atoms with Crippen LogP contribution in [-0.4, -0.2) is 54.9 Å². The van der Waals surface area contributed by atoms with Crippen molar-refractivity contribution in [2.75, 3.05) is 36.3 Å². The minimum Gasteiger partial charge on any atom is -0.379 e. The lowest BCUT2D eigenvalue weighted by Crippen LogP contribution is -2.43. The molecule has 0 radical (unpaired) electrons. The summed E-state index contributed by atoms with van der Waals surface area (Å²) < 4.78 is 40.2. The van der Waals surface area contributed by atoms with E-state index in [9.17, 15) is 13.2 Å². The summed E-state index contributed by atoms with van der Waals surface area (Å²) in [6, 6.07) is 24.2. The Morgan fingerprint density at radius 3 is 2.39 bits per heavy atom. The molecule has 41 heavy (non-hydrogen) atoms. The van der Waals surface area contributed by atoms with Crippen LogP contribution in [0.15, 0.2) is 85.1 Å². The predicted octanol–water partition coefficient (Wildman–Crippen LogP) is 4.76. The SMILES string of the molecule is O=C(Nc1ccc(COCc2ccccc2)cc1)c1cccc(-c2cnc(Cl)c(NS(=O)(=O)N3CCOCC3)n2)c1. The maximum absolute atomic E-state index is 13.0. The average molecular weight is 594 g/mol. The van der Waals surface area contributed by atoms with Gasteiger partial charge in [0.2, 0.25) is 0 Å². The van der Waals surface area contributed by atoms with Gasteiger partial charge in [-0.3, -0.25) is 9.52 Å². The summed E-state index contributed by atoms with van der Waals surface area (Å²) in [4.78, 5) is 21.5. The molecule has 5 rings (SSSR count). The molecule has 1 aliphatic heterocycles. The number of ether oxygens (including phenoxy) is 2. The van der Waals surface area contributed by atoms with Crippen LogP contribution in [0.5, 0.6) is 0 Å². The van der Waals surface area contributed by atoms with E-state index in [-0.39, 0.29) is 30.0 Å². The molecule has 0 saturated carbocycles. The number of halogens is 1. The third-order valence-electron chi connectivity index (χ3n) is 6.28. The van der Waals surface area contributed by atoms with Crippen molar-refractivity contribution in [3.63, 3.8) is 0 Å². The molecule has 2 heterocycles. The van der Waals surface area contributed by atoms with Crippen molar-refractivity contribution >= 4 is 39.2 Å². The van der Waals surface area contributed by atoms with Gasteiger partial charge in [0.1, 0.15) is 0 Å². The van der Waals surface area contributed by atoms with E-state index < -0.39 is 10.2 Å². The molecule has 212 valence electrons. The van der Waals surface area contributed by atoms with Crippen molar-refractivity contribution in [3.8, 4) is 11.3 Å².